The number of hydrogen-bond acceptors (Lipinski definition) is 7. The van der Waals surface area contributed by atoms with E-state index >= 15 is 0 Å². The Kier molecular flexibility index (Phi) is 7.85. The first-order valence-electron chi connectivity index (χ1n) is 11.4. The summed E-state index contributed by atoms with van der Waals surface area (Å²) in [7, 11) is 0. The van der Waals surface area contributed by atoms with Crippen LogP contribution in [-0.4, -0.2) is 46.1 Å². The molecule has 0 unspecified atom stereocenters. The maximum absolute atomic E-state index is 12.1. The van der Waals surface area contributed by atoms with Crippen molar-refractivity contribution in [3.05, 3.63) is 42.4 Å². The number of fused-ring (bicyclic) bond motifs is 1. The highest BCUT2D eigenvalue weighted by Gasteiger charge is 2.33. The number of nitriles is 1. The number of rotatable bonds is 7. The molecule has 0 aromatic carbocycles. The molecule has 0 spiro atoms. The molecule has 1 aliphatic heterocycles. The first-order chi connectivity index (χ1) is 15.8. The summed E-state index contributed by atoms with van der Waals surface area (Å²) in [5.41, 5.74) is 8.75. The second-order valence-electron chi connectivity index (χ2n) is 9.12. The number of carbonyl (C=O) groups is 1. The van der Waals surface area contributed by atoms with Crippen LogP contribution >= 0.6 is 13.5 Å². The van der Waals surface area contributed by atoms with Crippen LogP contribution in [0.3, 0.4) is 0 Å². The first-order valence-corrected chi connectivity index (χ1v) is 11.4. The molecule has 3 aromatic rings. The minimum Gasteiger partial charge on any atom is -0.492 e. The molecular formula is C25H32N6O2S. The summed E-state index contributed by atoms with van der Waals surface area (Å²) in [4.78, 5) is 19.1. The minimum absolute atomic E-state index is 0. The maximum atomic E-state index is 12.1. The lowest BCUT2D eigenvalue weighted by Gasteiger charge is -2.40. The molecule has 8 nitrogen and oxygen atoms in total. The van der Waals surface area contributed by atoms with E-state index in [9.17, 15) is 10.1 Å². The third kappa shape index (κ3) is 5.18. The SMILES string of the molecule is CCOc1cc(-c2ccc(N3CCC(C)(CC(=O)[C@H](C)N)CC3)nc2)c2c(C#N)cnn2c1.S. The number of aromatic nitrogens is 3. The highest BCUT2D eigenvalue weighted by molar-refractivity contribution is 7.59. The normalized spacial score (nSPS) is 15.9. The largest absolute Gasteiger partial charge is 0.492 e. The van der Waals surface area contributed by atoms with Gasteiger partial charge in [-0.3, -0.25) is 4.79 Å². The van der Waals surface area contributed by atoms with Gasteiger partial charge >= 0.3 is 0 Å². The van der Waals surface area contributed by atoms with Crippen LogP contribution in [0, 0.1) is 16.7 Å². The van der Waals surface area contributed by atoms with Crippen LogP contribution in [0.4, 0.5) is 5.82 Å². The van der Waals surface area contributed by atoms with Crippen molar-refractivity contribution < 1.29 is 9.53 Å². The van der Waals surface area contributed by atoms with Gasteiger partial charge in [0, 0.05) is 36.8 Å². The van der Waals surface area contributed by atoms with Gasteiger partial charge in [0.2, 0.25) is 0 Å². The number of carbonyl (C=O) groups excluding carboxylic acids is 1. The standard InChI is InChI=1S/C25H30N6O2.H2S/c1-4-33-20-11-21(24-19(13-26)15-29-31(24)16-20)18-5-6-23(28-14-18)30-9-7-25(3,8-10-30)12-22(32)17(2)27;/h5-6,11,14-17H,4,7-10,12,27H2,1-3H3;1H2/t17-;/m0./s1. The van der Waals surface area contributed by atoms with Crippen molar-refractivity contribution in [2.24, 2.45) is 11.1 Å². The van der Waals surface area contributed by atoms with E-state index in [-0.39, 0.29) is 24.7 Å². The lowest BCUT2D eigenvalue weighted by atomic mass is 9.75. The van der Waals surface area contributed by atoms with E-state index in [1.54, 1.807) is 23.8 Å². The predicted octanol–water partition coefficient (Wildman–Crippen LogP) is 3.69. The van der Waals surface area contributed by atoms with Crippen LogP contribution in [0.25, 0.3) is 16.6 Å². The smallest absolute Gasteiger partial charge is 0.149 e. The van der Waals surface area contributed by atoms with Crippen molar-refractivity contribution in [1.29, 1.82) is 5.26 Å². The topological polar surface area (TPSA) is 110 Å². The maximum Gasteiger partial charge on any atom is 0.149 e. The molecule has 180 valence electrons. The quantitative estimate of drug-likeness (QED) is 0.549. The van der Waals surface area contributed by atoms with Crippen LogP contribution < -0.4 is 15.4 Å². The molecule has 2 N–H and O–H groups in total. The number of hydrogen-bond donors (Lipinski definition) is 1. The molecule has 1 saturated heterocycles. The summed E-state index contributed by atoms with van der Waals surface area (Å²) in [6.45, 7) is 8.10. The Morgan fingerprint density at radius 3 is 2.65 bits per heavy atom. The van der Waals surface area contributed by atoms with E-state index in [1.807, 2.05) is 31.3 Å². The Balaban J connectivity index is 0.00000324. The number of pyridine rings is 2. The predicted molar refractivity (Wildman–Crippen MR) is 138 cm³/mol. The Morgan fingerprint density at radius 2 is 2.06 bits per heavy atom. The first kappa shape index (κ1) is 25.5. The van der Waals surface area contributed by atoms with Crippen molar-refractivity contribution >= 4 is 30.6 Å². The minimum atomic E-state index is -0.404. The molecule has 1 atom stereocenters. The van der Waals surface area contributed by atoms with Crippen LogP contribution in [0.2, 0.25) is 0 Å². The number of Topliss-reactive ketones (excluding diaryl/α,β-unsaturated/α-hetero) is 1. The van der Waals surface area contributed by atoms with E-state index in [0.29, 0.717) is 24.3 Å². The molecule has 0 amide bonds. The zero-order valence-electron chi connectivity index (χ0n) is 19.9. The van der Waals surface area contributed by atoms with Gasteiger partial charge in [-0.1, -0.05) is 6.92 Å². The number of ether oxygens (including phenoxy) is 1. The number of nitrogens with two attached hydrogens (primary N) is 1. The Bertz CT molecular complexity index is 1190. The molecule has 3 aromatic heterocycles. The monoisotopic (exact) mass is 480 g/mol. The van der Waals surface area contributed by atoms with Gasteiger partial charge in [0.25, 0.3) is 0 Å². The van der Waals surface area contributed by atoms with Crippen LogP contribution in [0.5, 0.6) is 5.75 Å². The molecule has 4 heterocycles. The summed E-state index contributed by atoms with van der Waals surface area (Å²) < 4.78 is 7.38. The fourth-order valence-electron chi connectivity index (χ4n) is 4.41. The highest BCUT2D eigenvalue weighted by atomic mass is 32.1. The molecule has 1 aliphatic rings. The fourth-order valence-corrected chi connectivity index (χ4v) is 4.41. The van der Waals surface area contributed by atoms with Gasteiger partial charge in [-0.2, -0.15) is 23.9 Å². The zero-order chi connectivity index (χ0) is 23.6. The number of piperidine rings is 1. The van der Waals surface area contributed by atoms with Gasteiger partial charge in [0.1, 0.15) is 23.4 Å². The molecule has 9 heteroatoms. The van der Waals surface area contributed by atoms with E-state index in [1.165, 1.54) is 0 Å². The summed E-state index contributed by atoms with van der Waals surface area (Å²) in [5.74, 6) is 1.73. The molecule has 34 heavy (non-hydrogen) atoms. The second-order valence-corrected chi connectivity index (χ2v) is 9.12. The Morgan fingerprint density at radius 1 is 1.32 bits per heavy atom. The second kappa shape index (κ2) is 10.5. The van der Waals surface area contributed by atoms with Crippen LogP contribution in [0.1, 0.15) is 45.6 Å². The van der Waals surface area contributed by atoms with E-state index in [4.69, 9.17) is 15.5 Å². The molecular weight excluding hydrogens is 448 g/mol. The lowest BCUT2D eigenvalue weighted by molar-refractivity contribution is -0.122. The van der Waals surface area contributed by atoms with E-state index in [2.05, 4.69) is 23.0 Å². The van der Waals surface area contributed by atoms with Gasteiger partial charge in [-0.15, -0.1) is 0 Å². The molecule has 0 bridgehead atoms. The van der Waals surface area contributed by atoms with Gasteiger partial charge in [-0.25, -0.2) is 9.50 Å². The Hall–Kier alpha value is -3.09. The third-order valence-corrected chi connectivity index (χ3v) is 6.48. The van der Waals surface area contributed by atoms with Gasteiger partial charge in [0.15, 0.2) is 0 Å². The molecule has 0 aliphatic carbocycles. The summed E-state index contributed by atoms with van der Waals surface area (Å²) in [5, 5.41) is 13.8. The van der Waals surface area contributed by atoms with Crippen molar-refractivity contribution in [2.75, 3.05) is 24.6 Å². The summed E-state index contributed by atoms with van der Waals surface area (Å²) in [6, 6.07) is 7.78. The summed E-state index contributed by atoms with van der Waals surface area (Å²) in [6.07, 6.45) is 7.56. The fraction of sp³-hybridized carbons (Fsp3) is 0.440. The van der Waals surface area contributed by atoms with Crippen LogP contribution in [0.15, 0.2) is 36.8 Å². The van der Waals surface area contributed by atoms with Gasteiger partial charge in [0.05, 0.1) is 36.1 Å². The summed E-state index contributed by atoms with van der Waals surface area (Å²) >= 11 is 0. The molecule has 4 rings (SSSR count). The molecule has 0 radical (unpaired) electrons. The average Bonchev–Trinajstić information content (AvgIpc) is 3.22. The van der Waals surface area contributed by atoms with Crippen molar-refractivity contribution in [2.45, 2.75) is 46.1 Å². The average molecular weight is 481 g/mol. The Labute approximate surface area is 207 Å². The van der Waals surface area contributed by atoms with Crippen molar-refractivity contribution in [3.63, 3.8) is 0 Å². The number of ketones is 1. The zero-order valence-corrected chi connectivity index (χ0v) is 20.9. The number of nitrogens with zero attached hydrogens (tertiary/aromatic N) is 5. The van der Waals surface area contributed by atoms with Crippen molar-refractivity contribution in [1.82, 2.24) is 14.6 Å². The lowest BCUT2D eigenvalue weighted by Crippen LogP contribution is -2.41. The van der Waals surface area contributed by atoms with E-state index in [0.717, 1.165) is 48.4 Å². The van der Waals surface area contributed by atoms with E-state index < -0.39 is 6.04 Å². The van der Waals surface area contributed by atoms with Crippen LogP contribution in [-0.2, 0) is 4.79 Å². The highest BCUT2D eigenvalue weighted by Crippen LogP contribution is 2.37. The molecule has 1 fully saturated rings. The van der Waals surface area contributed by atoms with Crippen molar-refractivity contribution in [3.8, 4) is 22.9 Å². The number of anilines is 1. The van der Waals surface area contributed by atoms with Gasteiger partial charge < -0.3 is 15.4 Å². The van der Waals surface area contributed by atoms with Gasteiger partial charge in [-0.05, 0) is 50.3 Å². The third-order valence-electron chi connectivity index (χ3n) is 6.48. The molecule has 0 saturated carbocycles.